The summed E-state index contributed by atoms with van der Waals surface area (Å²) >= 11 is 0. The zero-order valence-electron chi connectivity index (χ0n) is 8.93. The van der Waals surface area contributed by atoms with Crippen molar-refractivity contribution in [1.82, 2.24) is 0 Å². The molecule has 12 heavy (non-hydrogen) atoms. The monoisotopic (exact) mass is 172 g/mol. The van der Waals surface area contributed by atoms with E-state index in [2.05, 4.69) is 0 Å². The minimum atomic E-state index is -0.863. The van der Waals surface area contributed by atoms with Crippen molar-refractivity contribution in [3.63, 3.8) is 0 Å². The van der Waals surface area contributed by atoms with Gasteiger partial charge in [-0.2, -0.15) is 0 Å². The third kappa shape index (κ3) is 2.94. The summed E-state index contributed by atoms with van der Waals surface area (Å²) in [4.78, 5) is 11.6. The molecule has 0 radical (unpaired) electrons. The van der Waals surface area contributed by atoms with E-state index in [0.717, 1.165) is 0 Å². The van der Waals surface area contributed by atoms with Crippen LogP contribution in [0.1, 0.15) is 41.5 Å². The highest BCUT2D eigenvalue weighted by atomic mass is 16.3. The predicted molar refractivity (Wildman–Crippen MR) is 49.9 cm³/mol. The van der Waals surface area contributed by atoms with Crippen molar-refractivity contribution in [3.05, 3.63) is 0 Å². The molecule has 0 saturated carbocycles. The highest BCUT2D eigenvalue weighted by molar-refractivity contribution is 5.88. The lowest BCUT2D eigenvalue weighted by atomic mass is 9.78. The van der Waals surface area contributed by atoms with Crippen LogP contribution in [0, 0.1) is 10.8 Å². The number of aliphatic hydroxyl groups is 1. The van der Waals surface area contributed by atoms with Crippen LogP contribution >= 0.6 is 0 Å². The quantitative estimate of drug-likeness (QED) is 0.657. The van der Waals surface area contributed by atoms with Crippen molar-refractivity contribution in [1.29, 1.82) is 0 Å². The van der Waals surface area contributed by atoms with Crippen molar-refractivity contribution in [3.8, 4) is 0 Å². The van der Waals surface area contributed by atoms with Gasteiger partial charge < -0.3 is 5.11 Å². The summed E-state index contributed by atoms with van der Waals surface area (Å²) in [6.07, 6.45) is -0.863. The van der Waals surface area contributed by atoms with Gasteiger partial charge in [-0.3, -0.25) is 4.79 Å². The predicted octanol–water partition coefficient (Wildman–Crippen LogP) is 2.01. The normalized spacial score (nSPS) is 15.9. The van der Waals surface area contributed by atoms with Gasteiger partial charge in [0.15, 0.2) is 5.78 Å². The lowest BCUT2D eigenvalue weighted by Crippen LogP contribution is -2.40. The van der Waals surface area contributed by atoms with Gasteiger partial charge in [-0.25, -0.2) is 0 Å². The van der Waals surface area contributed by atoms with Gasteiger partial charge in [0.05, 0.1) is 0 Å². The molecule has 0 amide bonds. The van der Waals surface area contributed by atoms with Gasteiger partial charge in [-0.1, -0.05) is 41.5 Å². The molecular formula is C10H20O2. The van der Waals surface area contributed by atoms with Crippen molar-refractivity contribution in [2.75, 3.05) is 0 Å². The van der Waals surface area contributed by atoms with Crippen LogP contribution in [-0.4, -0.2) is 17.0 Å². The summed E-state index contributed by atoms with van der Waals surface area (Å²) in [5.74, 6) is -0.0880. The van der Waals surface area contributed by atoms with E-state index >= 15 is 0 Å². The first-order valence-corrected chi connectivity index (χ1v) is 4.29. The molecule has 2 nitrogen and oxygen atoms in total. The van der Waals surface area contributed by atoms with Crippen LogP contribution in [0.25, 0.3) is 0 Å². The van der Waals surface area contributed by atoms with Gasteiger partial charge >= 0.3 is 0 Å². The van der Waals surface area contributed by atoms with E-state index in [-0.39, 0.29) is 11.2 Å². The maximum absolute atomic E-state index is 11.6. The largest absolute Gasteiger partial charge is 0.385 e. The van der Waals surface area contributed by atoms with Crippen LogP contribution in [0.4, 0.5) is 0 Å². The van der Waals surface area contributed by atoms with Crippen LogP contribution in [0.3, 0.4) is 0 Å². The van der Waals surface area contributed by atoms with Crippen LogP contribution < -0.4 is 0 Å². The fraction of sp³-hybridized carbons (Fsp3) is 0.900. The van der Waals surface area contributed by atoms with Crippen LogP contribution in [0.2, 0.25) is 0 Å². The molecule has 1 N–H and O–H groups in total. The SMILES string of the molecule is CC(C)(C)C(=O)C(O)C(C)(C)C. The van der Waals surface area contributed by atoms with Gasteiger partial charge in [0.1, 0.15) is 6.10 Å². The Morgan fingerprint density at radius 1 is 1.08 bits per heavy atom. The van der Waals surface area contributed by atoms with E-state index < -0.39 is 11.5 Å². The topological polar surface area (TPSA) is 37.3 Å². The van der Waals surface area contributed by atoms with E-state index in [1.165, 1.54) is 0 Å². The summed E-state index contributed by atoms with van der Waals surface area (Å²) in [6.45, 7) is 11.1. The average molecular weight is 172 g/mol. The van der Waals surface area contributed by atoms with Crippen LogP contribution in [-0.2, 0) is 4.79 Å². The standard InChI is InChI=1S/C10H20O2/c1-9(2,3)7(11)8(12)10(4,5)6/h7,11H,1-6H3. The number of Topliss-reactive ketones (excluding diaryl/α,β-unsaturated/α-hetero) is 1. The summed E-state index contributed by atoms with van der Waals surface area (Å²) in [5.41, 5.74) is -0.808. The zero-order chi connectivity index (χ0) is 10.2. The third-order valence-electron chi connectivity index (χ3n) is 1.81. The van der Waals surface area contributed by atoms with Crippen LogP contribution in [0.15, 0.2) is 0 Å². The van der Waals surface area contributed by atoms with Gasteiger partial charge in [0.2, 0.25) is 0 Å². The molecule has 0 saturated heterocycles. The van der Waals surface area contributed by atoms with Crippen LogP contribution in [0.5, 0.6) is 0 Å². The molecule has 0 aromatic rings. The smallest absolute Gasteiger partial charge is 0.167 e. The van der Waals surface area contributed by atoms with E-state index in [4.69, 9.17) is 0 Å². The molecule has 0 heterocycles. The molecule has 0 aromatic heterocycles. The van der Waals surface area contributed by atoms with Gasteiger partial charge in [0.25, 0.3) is 0 Å². The maximum atomic E-state index is 11.6. The number of hydrogen-bond acceptors (Lipinski definition) is 2. The second kappa shape index (κ2) is 3.17. The second-order valence-corrected chi connectivity index (χ2v) is 5.38. The first-order valence-electron chi connectivity index (χ1n) is 4.29. The number of aliphatic hydroxyl groups excluding tert-OH is 1. The van der Waals surface area contributed by atoms with E-state index in [0.29, 0.717) is 0 Å². The average Bonchev–Trinajstić information content (AvgIpc) is 1.80. The third-order valence-corrected chi connectivity index (χ3v) is 1.81. The Bertz CT molecular complexity index is 169. The Morgan fingerprint density at radius 2 is 1.42 bits per heavy atom. The molecule has 1 unspecified atom stereocenters. The minimum absolute atomic E-state index is 0.0880. The molecule has 0 aromatic carbocycles. The molecule has 0 rings (SSSR count). The molecule has 0 spiro atoms. The first-order chi connectivity index (χ1) is 5.07. The van der Waals surface area contributed by atoms with Crippen molar-refractivity contribution >= 4 is 5.78 Å². The van der Waals surface area contributed by atoms with Gasteiger partial charge in [-0.05, 0) is 5.41 Å². The van der Waals surface area contributed by atoms with Crippen molar-refractivity contribution in [2.45, 2.75) is 47.6 Å². The summed E-state index contributed by atoms with van der Waals surface area (Å²) in [5, 5.41) is 9.64. The zero-order valence-corrected chi connectivity index (χ0v) is 8.93. The van der Waals surface area contributed by atoms with Crippen molar-refractivity contribution < 1.29 is 9.90 Å². The molecule has 0 aliphatic rings. The Hall–Kier alpha value is -0.370. The minimum Gasteiger partial charge on any atom is -0.385 e. The lowest BCUT2D eigenvalue weighted by Gasteiger charge is -2.29. The lowest BCUT2D eigenvalue weighted by molar-refractivity contribution is -0.140. The summed E-state index contributed by atoms with van der Waals surface area (Å²) < 4.78 is 0. The Morgan fingerprint density at radius 3 is 1.50 bits per heavy atom. The van der Waals surface area contributed by atoms with Gasteiger partial charge in [0, 0.05) is 5.41 Å². The van der Waals surface area contributed by atoms with E-state index in [9.17, 15) is 9.90 Å². The number of rotatable bonds is 1. The number of ketones is 1. The fourth-order valence-electron chi connectivity index (χ4n) is 0.803. The highest BCUT2D eigenvalue weighted by Gasteiger charge is 2.35. The Labute approximate surface area is 75.0 Å². The molecule has 0 aliphatic carbocycles. The molecular weight excluding hydrogens is 152 g/mol. The number of carbonyl (C=O) groups excluding carboxylic acids is 1. The fourth-order valence-corrected chi connectivity index (χ4v) is 0.803. The molecule has 2 heteroatoms. The summed E-state index contributed by atoms with van der Waals surface area (Å²) in [6, 6.07) is 0. The van der Waals surface area contributed by atoms with Gasteiger partial charge in [-0.15, -0.1) is 0 Å². The Balaban J connectivity index is 4.53. The molecule has 1 atom stereocenters. The van der Waals surface area contributed by atoms with E-state index in [1.54, 1.807) is 0 Å². The molecule has 0 bridgehead atoms. The maximum Gasteiger partial charge on any atom is 0.167 e. The van der Waals surface area contributed by atoms with Crippen molar-refractivity contribution in [2.24, 2.45) is 10.8 Å². The number of hydrogen-bond donors (Lipinski definition) is 1. The Kier molecular flexibility index (Phi) is 3.07. The highest BCUT2D eigenvalue weighted by Crippen LogP contribution is 2.27. The number of carbonyl (C=O) groups is 1. The first kappa shape index (κ1) is 11.6. The molecule has 0 fully saturated rings. The van der Waals surface area contributed by atoms with E-state index in [1.807, 2.05) is 41.5 Å². The molecule has 72 valence electrons. The summed E-state index contributed by atoms with van der Waals surface area (Å²) in [7, 11) is 0. The molecule has 0 aliphatic heterocycles. The second-order valence-electron chi connectivity index (χ2n) is 5.38.